The number of nitrogens with zero attached hydrogens (tertiary/aromatic N) is 2. The predicted molar refractivity (Wildman–Crippen MR) is 81.0 cm³/mol. The van der Waals surface area contributed by atoms with Crippen molar-refractivity contribution in [2.24, 2.45) is 5.92 Å². The van der Waals surface area contributed by atoms with Gasteiger partial charge in [-0.2, -0.15) is 0 Å². The maximum absolute atomic E-state index is 12.7. The minimum Gasteiger partial charge on any atom is -0.384 e. The van der Waals surface area contributed by atoms with Gasteiger partial charge < -0.3 is 15.1 Å². The lowest BCUT2D eigenvalue weighted by Crippen LogP contribution is -2.44. The van der Waals surface area contributed by atoms with E-state index >= 15 is 0 Å². The lowest BCUT2D eigenvalue weighted by atomic mass is 9.93. The second-order valence-corrected chi connectivity index (χ2v) is 5.87. The van der Waals surface area contributed by atoms with E-state index < -0.39 is 0 Å². The van der Waals surface area contributed by atoms with Crippen LogP contribution in [0.15, 0.2) is 24.3 Å². The van der Waals surface area contributed by atoms with Gasteiger partial charge >= 0.3 is 0 Å². The number of hydrogen-bond donors (Lipinski definition) is 1. The number of hydrogen-bond acceptors (Lipinski definition) is 3. The monoisotopic (exact) mass is 287 g/mol. The molecule has 0 bridgehead atoms. The lowest BCUT2D eigenvalue weighted by molar-refractivity contribution is -0.140. The second-order valence-electron chi connectivity index (χ2n) is 5.87. The van der Waals surface area contributed by atoms with Gasteiger partial charge in [0.05, 0.1) is 12.5 Å². The average molecular weight is 287 g/mol. The predicted octanol–water partition coefficient (Wildman–Crippen LogP) is 0.961. The Balaban J connectivity index is 1.70. The Morgan fingerprint density at radius 1 is 1.29 bits per heavy atom. The van der Waals surface area contributed by atoms with E-state index in [0.717, 1.165) is 25.1 Å². The molecule has 3 rings (SSSR count). The maximum atomic E-state index is 12.7. The van der Waals surface area contributed by atoms with Crippen molar-refractivity contribution in [1.29, 1.82) is 0 Å². The number of rotatable bonds is 1. The molecule has 1 aromatic carbocycles. The molecule has 1 unspecified atom stereocenters. The Bertz CT molecular complexity index is 558. The summed E-state index contributed by atoms with van der Waals surface area (Å²) in [4.78, 5) is 28.0. The van der Waals surface area contributed by atoms with Crippen LogP contribution >= 0.6 is 0 Å². The molecule has 1 aromatic rings. The highest BCUT2D eigenvalue weighted by molar-refractivity contribution is 5.87. The minimum absolute atomic E-state index is 0.0324. The molecule has 21 heavy (non-hydrogen) atoms. The Kier molecular flexibility index (Phi) is 3.82. The highest BCUT2D eigenvalue weighted by Crippen LogP contribution is 2.25. The van der Waals surface area contributed by atoms with Gasteiger partial charge in [0.25, 0.3) is 0 Å². The van der Waals surface area contributed by atoms with E-state index in [4.69, 9.17) is 0 Å². The molecule has 1 saturated heterocycles. The first-order valence-corrected chi connectivity index (χ1v) is 7.49. The topological polar surface area (TPSA) is 52.6 Å². The van der Waals surface area contributed by atoms with Gasteiger partial charge in [-0.1, -0.05) is 18.2 Å². The molecule has 2 amide bonds. The van der Waals surface area contributed by atoms with Gasteiger partial charge in [0.1, 0.15) is 0 Å². The largest absolute Gasteiger partial charge is 0.384 e. The zero-order valence-corrected chi connectivity index (χ0v) is 12.3. The quantitative estimate of drug-likeness (QED) is 0.837. The fourth-order valence-corrected chi connectivity index (χ4v) is 3.05. The summed E-state index contributed by atoms with van der Waals surface area (Å²) in [5.74, 6) is 0.0572. The van der Waals surface area contributed by atoms with Crippen LogP contribution < -0.4 is 5.32 Å². The normalized spacial score (nSPS) is 22.3. The van der Waals surface area contributed by atoms with Crippen LogP contribution in [0.3, 0.4) is 0 Å². The number of para-hydroxylation sites is 1. The number of carbonyl (C=O) groups is 2. The second kappa shape index (κ2) is 5.76. The van der Waals surface area contributed by atoms with E-state index in [2.05, 4.69) is 11.4 Å². The first-order valence-electron chi connectivity index (χ1n) is 7.49. The van der Waals surface area contributed by atoms with Crippen molar-refractivity contribution < 1.29 is 9.59 Å². The van der Waals surface area contributed by atoms with Crippen LogP contribution in [-0.4, -0.2) is 54.8 Å². The Labute approximate surface area is 124 Å². The van der Waals surface area contributed by atoms with Crippen molar-refractivity contribution in [1.82, 2.24) is 9.80 Å². The van der Waals surface area contributed by atoms with Crippen LogP contribution in [-0.2, 0) is 16.0 Å². The van der Waals surface area contributed by atoms with Crippen molar-refractivity contribution in [2.75, 3.05) is 38.5 Å². The summed E-state index contributed by atoms with van der Waals surface area (Å²) in [6, 6.07) is 8.10. The van der Waals surface area contributed by atoms with E-state index in [0.29, 0.717) is 13.1 Å². The Morgan fingerprint density at radius 2 is 2.10 bits per heavy atom. The number of fused-ring (bicyclic) bond motifs is 1. The van der Waals surface area contributed by atoms with Crippen LogP contribution in [0.25, 0.3) is 0 Å². The molecular weight excluding hydrogens is 266 g/mol. The average Bonchev–Trinajstić information content (AvgIpc) is 2.68. The van der Waals surface area contributed by atoms with Gasteiger partial charge in [-0.15, -0.1) is 0 Å². The lowest BCUT2D eigenvalue weighted by Gasteiger charge is -2.30. The Morgan fingerprint density at radius 3 is 2.95 bits per heavy atom. The smallest absolute Gasteiger partial charge is 0.241 e. The van der Waals surface area contributed by atoms with Gasteiger partial charge in [-0.05, 0) is 24.5 Å². The maximum Gasteiger partial charge on any atom is 0.241 e. The molecule has 0 aliphatic carbocycles. The third-order valence-electron chi connectivity index (χ3n) is 4.36. The standard InChI is InChI=1S/C16H21N3O2/c1-18-7-4-8-19(11-15(18)20)16(21)13-9-12-5-2-3-6-14(12)17-10-13/h2-3,5-6,13,17H,4,7-11H2,1H3. The van der Waals surface area contributed by atoms with Crippen LogP contribution in [0.4, 0.5) is 5.69 Å². The molecule has 0 spiro atoms. The van der Waals surface area contributed by atoms with Crippen LogP contribution in [0.2, 0.25) is 0 Å². The molecule has 2 aliphatic heterocycles. The van der Waals surface area contributed by atoms with Gasteiger partial charge in [-0.25, -0.2) is 0 Å². The number of likely N-dealkylation sites (N-methyl/N-ethyl adjacent to an activating group) is 1. The summed E-state index contributed by atoms with van der Waals surface area (Å²) in [5.41, 5.74) is 2.30. The number of amides is 2. The molecule has 0 saturated carbocycles. The van der Waals surface area contributed by atoms with Gasteiger partial charge in [-0.3, -0.25) is 9.59 Å². The number of carbonyl (C=O) groups excluding carboxylic acids is 2. The highest BCUT2D eigenvalue weighted by Gasteiger charge is 2.30. The molecule has 1 atom stereocenters. The van der Waals surface area contributed by atoms with Gasteiger partial charge in [0.15, 0.2) is 0 Å². The van der Waals surface area contributed by atoms with E-state index in [-0.39, 0.29) is 24.3 Å². The fraction of sp³-hybridized carbons (Fsp3) is 0.500. The molecule has 2 aliphatic rings. The van der Waals surface area contributed by atoms with E-state index in [1.165, 1.54) is 5.56 Å². The zero-order valence-electron chi connectivity index (χ0n) is 12.3. The molecule has 2 heterocycles. The fourth-order valence-electron chi connectivity index (χ4n) is 3.05. The van der Waals surface area contributed by atoms with E-state index in [1.54, 1.807) is 16.8 Å². The third-order valence-corrected chi connectivity index (χ3v) is 4.36. The molecule has 0 aromatic heterocycles. The number of nitrogens with one attached hydrogen (secondary N) is 1. The molecule has 5 nitrogen and oxygen atoms in total. The van der Waals surface area contributed by atoms with E-state index in [1.807, 2.05) is 18.2 Å². The number of benzene rings is 1. The van der Waals surface area contributed by atoms with Crippen molar-refractivity contribution >= 4 is 17.5 Å². The van der Waals surface area contributed by atoms with Crippen molar-refractivity contribution in [3.8, 4) is 0 Å². The first kappa shape index (κ1) is 13.9. The molecular formula is C16H21N3O2. The van der Waals surface area contributed by atoms with Crippen LogP contribution in [0, 0.1) is 5.92 Å². The summed E-state index contributed by atoms with van der Waals surface area (Å²) in [5, 5.41) is 3.33. The van der Waals surface area contributed by atoms with Gasteiger partial charge in [0.2, 0.25) is 11.8 Å². The molecule has 0 radical (unpaired) electrons. The summed E-state index contributed by atoms with van der Waals surface area (Å²) in [7, 11) is 1.80. The van der Waals surface area contributed by atoms with Crippen LogP contribution in [0.1, 0.15) is 12.0 Å². The molecule has 1 fully saturated rings. The van der Waals surface area contributed by atoms with Crippen LogP contribution in [0.5, 0.6) is 0 Å². The zero-order chi connectivity index (χ0) is 14.8. The summed E-state index contributed by atoms with van der Waals surface area (Å²) < 4.78 is 0. The summed E-state index contributed by atoms with van der Waals surface area (Å²) in [6.07, 6.45) is 1.60. The van der Waals surface area contributed by atoms with Gasteiger partial charge in [0, 0.05) is 32.4 Å². The summed E-state index contributed by atoms with van der Waals surface area (Å²) in [6.45, 7) is 2.27. The molecule has 1 N–H and O–H groups in total. The first-order chi connectivity index (χ1) is 10.1. The Hall–Kier alpha value is -2.04. The highest BCUT2D eigenvalue weighted by atomic mass is 16.2. The SMILES string of the molecule is CN1CCCN(C(=O)C2CNc3ccccc3C2)CC1=O. The number of anilines is 1. The van der Waals surface area contributed by atoms with Crippen molar-refractivity contribution in [3.63, 3.8) is 0 Å². The van der Waals surface area contributed by atoms with E-state index in [9.17, 15) is 9.59 Å². The third kappa shape index (κ3) is 2.86. The molecule has 5 heteroatoms. The van der Waals surface area contributed by atoms with Crippen molar-refractivity contribution in [2.45, 2.75) is 12.8 Å². The summed E-state index contributed by atoms with van der Waals surface area (Å²) >= 11 is 0. The van der Waals surface area contributed by atoms with Crippen molar-refractivity contribution in [3.05, 3.63) is 29.8 Å². The molecule has 112 valence electrons. The minimum atomic E-state index is -0.0730.